The molecule has 2 nitrogen and oxygen atoms in total. The summed E-state index contributed by atoms with van der Waals surface area (Å²) < 4.78 is 5.82. The second kappa shape index (κ2) is 5.13. The van der Waals surface area contributed by atoms with Gasteiger partial charge < -0.3 is 9.84 Å². The van der Waals surface area contributed by atoms with E-state index in [0.717, 1.165) is 24.7 Å². The standard InChI is InChI=1S/C12H24O2/c1-8-5-6-12(7-9(8)2)14-11(4)10(3)13/h8-13H,5-7H2,1-4H3/t8?,9?,10-,11?,12?/m0/s1. The molecule has 0 aromatic heterocycles. The third-order valence-electron chi connectivity index (χ3n) is 3.64. The van der Waals surface area contributed by atoms with Crippen molar-refractivity contribution in [3.63, 3.8) is 0 Å². The van der Waals surface area contributed by atoms with Gasteiger partial charge in [-0.25, -0.2) is 0 Å². The molecule has 0 saturated heterocycles. The molecule has 1 rings (SSSR count). The molecular formula is C12H24O2. The van der Waals surface area contributed by atoms with E-state index in [0.29, 0.717) is 6.10 Å². The van der Waals surface area contributed by atoms with Crippen LogP contribution in [0, 0.1) is 11.8 Å². The molecule has 1 fully saturated rings. The molecule has 0 amide bonds. The second-order valence-corrected chi connectivity index (χ2v) is 4.97. The zero-order valence-corrected chi connectivity index (χ0v) is 9.86. The zero-order chi connectivity index (χ0) is 10.7. The van der Waals surface area contributed by atoms with Gasteiger partial charge in [-0.15, -0.1) is 0 Å². The van der Waals surface area contributed by atoms with Crippen LogP contribution in [0.25, 0.3) is 0 Å². The number of hydrogen-bond acceptors (Lipinski definition) is 2. The Bertz CT molecular complexity index is 168. The number of ether oxygens (including phenoxy) is 1. The van der Waals surface area contributed by atoms with E-state index < -0.39 is 0 Å². The fourth-order valence-corrected chi connectivity index (χ4v) is 2.04. The molecule has 14 heavy (non-hydrogen) atoms. The summed E-state index contributed by atoms with van der Waals surface area (Å²) in [5.41, 5.74) is 0. The van der Waals surface area contributed by atoms with Crippen molar-refractivity contribution in [3.8, 4) is 0 Å². The maximum absolute atomic E-state index is 9.34. The van der Waals surface area contributed by atoms with Gasteiger partial charge in [0.2, 0.25) is 0 Å². The third-order valence-corrected chi connectivity index (χ3v) is 3.64. The molecule has 1 aliphatic carbocycles. The van der Waals surface area contributed by atoms with Crippen molar-refractivity contribution in [1.82, 2.24) is 0 Å². The Hall–Kier alpha value is -0.0800. The SMILES string of the molecule is CC1CCC(OC(C)[C@H](C)O)CC1C. The van der Waals surface area contributed by atoms with Gasteiger partial charge in [0.15, 0.2) is 0 Å². The molecule has 4 unspecified atom stereocenters. The molecule has 0 heterocycles. The largest absolute Gasteiger partial charge is 0.391 e. The average molecular weight is 200 g/mol. The van der Waals surface area contributed by atoms with Gasteiger partial charge >= 0.3 is 0 Å². The summed E-state index contributed by atoms with van der Waals surface area (Å²) in [4.78, 5) is 0. The van der Waals surface area contributed by atoms with Gasteiger partial charge in [0.25, 0.3) is 0 Å². The van der Waals surface area contributed by atoms with Crippen molar-refractivity contribution in [1.29, 1.82) is 0 Å². The molecule has 1 saturated carbocycles. The molecule has 0 aliphatic heterocycles. The van der Waals surface area contributed by atoms with Crippen molar-refractivity contribution in [2.75, 3.05) is 0 Å². The highest BCUT2D eigenvalue weighted by Crippen LogP contribution is 2.31. The van der Waals surface area contributed by atoms with Crippen LogP contribution in [0.3, 0.4) is 0 Å². The lowest BCUT2D eigenvalue weighted by Crippen LogP contribution is -2.33. The van der Waals surface area contributed by atoms with Crippen molar-refractivity contribution in [2.45, 2.75) is 65.3 Å². The Kier molecular flexibility index (Phi) is 4.39. The van der Waals surface area contributed by atoms with E-state index in [2.05, 4.69) is 13.8 Å². The molecular weight excluding hydrogens is 176 g/mol. The van der Waals surface area contributed by atoms with E-state index in [4.69, 9.17) is 4.74 Å². The van der Waals surface area contributed by atoms with Gasteiger partial charge in [-0.1, -0.05) is 13.8 Å². The topological polar surface area (TPSA) is 29.5 Å². The van der Waals surface area contributed by atoms with Crippen LogP contribution < -0.4 is 0 Å². The molecule has 0 radical (unpaired) electrons. The minimum absolute atomic E-state index is 0.0272. The van der Waals surface area contributed by atoms with E-state index in [-0.39, 0.29) is 12.2 Å². The molecule has 84 valence electrons. The van der Waals surface area contributed by atoms with Gasteiger partial charge in [0.1, 0.15) is 0 Å². The van der Waals surface area contributed by atoms with Crippen molar-refractivity contribution in [3.05, 3.63) is 0 Å². The van der Waals surface area contributed by atoms with Crippen LogP contribution >= 0.6 is 0 Å². The molecule has 0 aromatic rings. The predicted molar refractivity (Wildman–Crippen MR) is 58.2 cm³/mol. The highest BCUT2D eigenvalue weighted by molar-refractivity contribution is 4.76. The minimum atomic E-state index is -0.357. The Labute approximate surface area is 87.7 Å². The van der Waals surface area contributed by atoms with Crippen molar-refractivity contribution in [2.24, 2.45) is 11.8 Å². The fourth-order valence-electron chi connectivity index (χ4n) is 2.04. The lowest BCUT2D eigenvalue weighted by molar-refractivity contribution is -0.0835. The highest BCUT2D eigenvalue weighted by Gasteiger charge is 2.26. The first-order valence-electron chi connectivity index (χ1n) is 5.84. The Balaban J connectivity index is 2.33. The summed E-state index contributed by atoms with van der Waals surface area (Å²) in [6.45, 7) is 8.36. The molecule has 0 aromatic carbocycles. The summed E-state index contributed by atoms with van der Waals surface area (Å²) in [7, 11) is 0. The lowest BCUT2D eigenvalue weighted by Gasteiger charge is -2.34. The quantitative estimate of drug-likeness (QED) is 0.759. The van der Waals surface area contributed by atoms with Crippen LogP contribution in [0.15, 0.2) is 0 Å². The first kappa shape index (κ1) is 12.0. The molecule has 2 heteroatoms. The third kappa shape index (κ3) is 3.25. The second-order valence-electron chi connectivity index (χ2n) is 4.97. The number of aliphatic hydroxyl groups excluding tert-OH is 1. The van der Waals surface area contributed by atoms with E-state index in [1.807, 2.05) is 6.92 Å². The van der Waals surface area contributed by atoms with Crippen LogP contribution in [0.2, 0.25) is 0 Å². The maximum atomic E-state index is 9.34. The van der Waals surface area contributed by atoms with E-state index in [1.54, 1.807) is 6.92 Å². The highest BCUT2D eigenvalue weighted by atomic mass is 16.5. The Morgan fingerprint density at radius 1 is 1.14 bits per heavy atom. The van der Waals surface area contributed by atoms with Crippen LogP contribution in [0.5, 0.6) is 0 Å². The van der Waals surface area contributed by atoms with E-state index >= 15 is 0 Å². The first-order valence-corrected chi connectivity index (χ1v) is 5.84. The number of hydrogen-bond donors (Lipinski definition) is 1. The Morgan fingerprint density at radius 2 is 1.79 bits per heavy atom. The fraction of sp³-hybridized carbons (Fsp3) is 1.00. The van der Waals surface area contributed by atoms with E-state index in [1.165, 1.54) is 6.42 Å². The van der Waals surface area contributed by atoms with Crippen molar-refractivity contribution >= 4 is 0 Å². The summed E-state index contributed by atoms with van der Waals surface area (Å²) in [6, 6.07) is 0. The van der Waals surface area contributed by atoms with Gasteiger partial charge in [0, 0.05) is 0 Å². The predicted octanol–water partition coefficient (Wildman–Crippen LogP) is 2.60. The van der Waals surface area contributed by atoms with Gasteiger partial charge in [0.05, 0.1) is 18.3 Å². The van der Waals surface area contributed by atoms with Crippen LogP contribution in [-0.4, -0.2) is 23.4 Å². The monoisotopic (exact) mass is 200 g/mol. The first-order chi connectivity index (χ1) is 6.50. The number of aliphatic hydroxyl groups is 1. The van der Waals surface area contributed by atoms with Gasteiger partial charge in [-0.2, -0.15) is 0 Å². The molecule has 5 atom stereocenters. The minimum Gasteiger partial charge on any atom is -0.391 e. The van der Waals surface area contributed by atoms with Gasteiger partial charge in [-0.3, -0.25) is 0 Å². The number of rotatable bonds is 3. The van der Waals surface area contributed by atoms with Crippen LogP contribution in [-0.2, 0) is 4.74 Å². The average Bonchev–Trinajstić information content (AvgIpc) is 2.11. The molecule has 0 bridgehead atoms. The molecule has 0 spiro atoms. The summed E-state index contributed by atoms with van der Waals surface area (Å²) >= 11 is 0. The van der Waals surface area contributed by atoms with Crippen LogP contribution in [0.4, 0.5) is 0 Å². The van der Waals surface area contributed by atoms with Crippen LogP contribution in [0.1, 0.15) is 47.0 Å². The molecule has 1 N–H and O–H groups in total. The smallest absolute Gasteiger partial charge is 0.0806 e. The lowest BCUT2D eigenvalue weighted by atomic mass is 9.80. The normalized spacial score (nSPS) is 37.9. The Morgan fingerprint density at radius 3 is 2.29 bits per heavy atom. The zero-order valence-electron chi connectivity index (χ0n) is 9.86. The molecule has 1 aliphatic rings. The summed E-state index contributed by atoms with van der Waals surface area (Å²) in [5, 5.41) is 9.34. The summed E-state index contributed by atoms with van der Waals surface area (Å²) in [6.07, 6.45) is 3.55. The summed E-state index contributed by atoms with van der Waals surface area (Å²) in [5.74, 6) is 1.59. The van der Waals surface area contributed by atoms with E-state index in [9.17, 15) is 5.11 Å². The maximum Gasteiger partial charge on any atom is 0.0806 e. The van der Waals surface area contributed by atoms with Gasteiger partial charge in [-0.05, 0) is 44.9 Å². The van der Waals surface area contributed by atoms with Crippen molar-refractivity contribution < 1.29 is 9.84 Å².